The molecule has 18 heteroatoms. The maximum absolute atomic E-state index is 12.2. The molecular weight excluding hydrogens is 592 g/mol. The fourth-order valence-electron chi connectivity index (χ4n) is 4.17. The second-order valence-electron chi connectivity index (χ2n) is 10.1. The van der Waals surface area contributed by atoms with Crippen LogP contribution in [0, 0.1) is 0 Å². The predicted molar refractivity (Wildman–Crippen MR) is 140 cm³/mol. The van der Waals surface area contributed by atoms with Crippen molar-refractivity contribution in [1.29, 1.82) is 0 Å². The van der Waals surface area contributed by atoms with E-state index in [1.54, 1.807) is 0 Å². The molecular formula is C26H36N4O14. The van der Waals surface area contributed by atoms with Gasteiger partial charge in [-0.1, -0.05) is 12.8 Å². The van der Waals surface area contributed by atoms with Gasteiger partial charge in [0.1, 0.15) is 6.04 Å². The van der Waals surface area contributed by atoms with Gasteiger partial charge < -0.3 is 35.6 Å². The summed E-state index contributed by atoms with van der Waals surface area (Å²) in [5.41, 5.74) is 0. The van der Waals surface area contributed by atoms with E-state index in [1.165, 1.54) is 0 Å². The highest BCUT2D eigenvalue weighted by atomic mass is 16.7. The number of carboxylic acid groups (broad SMARTS) is 1. The molecule has 44 heavy (non-hydrogen) atoms. The molecule has 2 rings (SSSR count). The number of aliphatic hydroxyl groups is 2. The Hall–Kier alpha value is -4.45. The Balaban J connectivity index is 1.60. The number of carbonyl (C=O) groups is 9. The average Bonchev–Trinajstić information content (AvgIpc) is 3.44. The predicted octanol–water partition coefficient (Wildman–Crippen LogP) is -1.53. The maximum Gasteiger partial charge on any atom is 0.333 e. The second-order valence-corrected chi connectivity index (χ2v) is 10.1. The molecule has 18 nitrogen and oxygen atoms in total. The standard InChI is InChI=1S/C26H36N4O14/c31-17(27-15(25(39)40)7-13-23(37)43-29-19(33)9-10-20(29)34)5-3-1-2-4-6-18(32)28-16(26(41)42)8-14-24(38)44-30-21(35)11-12-22(30)36/h15-16,25,39-40H,1-14H2,(H,27,31)(H,28,32)(H,41,42)/t15-,16-/m0/s1. The first-order valence-corrected chi connectivity index (χ1v) is 14.1. The smallest absolute Gasteiger partial charge is 0.333 e. The van der Waals surface area contributed by atoms with E-state index >= 15 is 0 Å². The number of hydrogen-bond donors (Lipinski definition) is 5. The molecule has 0 aromatic rings. The van der Waals surface area contributed by atoms with E-state index in [0.29, 0.717) is 35.8 Å². The summed E-state index contributed by atoms with van der Waals surface area (Å²) in [6.07, 6.45) is -2.00. The Morgan fingerprint density at radius 2 is 1.05 bits per heavy atom. The van der Waals surface area contributed by atoms with Crippen LogP contribution in [0.2, 0.25) is 0 Å². The van der Waals surface area contributed by atoms with Gasteiger partial charge in [0, 0.05) is 38.5 Å². The van der Waals surface area contributed by atoms with Crippen molar-refractivity contribution < 1.29 is 68.1 Å². The van der Waals surface area contributed by atoms with Crippen LogP contribution < -0.4 is 10.6 Å². The SMILES string of the molecule is O=C(CCCCCCC(=O)N[C@@H](CCC(=O)ON1C(=O)CCC1=O)C(O)O)N[C@@H](CCC(=O)ON1C(=O)CCC1=O)C(=O)O. The summed E-state index contributed by atoms with van der Waals surface area (Å²) in [5, 5.41) is 33.8. The lowest BCUT2D eigenvalue weighted by atomic mass is 10.1. The van der Waals surface area contributed by atoms with Gasteiger partial charge in [-0.25, -0.2) is 14.4 Å². The van der Waals surface area contributed by atoms with Gasteiger partial charge in [-0.2, -0.15) is 0 Å². The normalized spacial score (nSPS) is 16.2. The summed E-state index contributed by atoms with van der Waals surface area (Å²) >= 11 is 0. The molecule has 0 saturated carbocycles. The molecule has 244 valence electrons. The fraction of sp³-hybridized carbons (Fsp3) is 0.654. The van der Waals surface area contributed by atoms with Crippen LogP contribution in [0.5, 0.6) is 0 Å². The van der Waals surface area contributed by atoms with Gasteiger partial charge in [-0.3, -0.25) is 28.8 Å². The molecule has 0 unspecified atom stereocenters. The number of amides is 6. The van der Waals surface area contributed by atoms with Gasteiger partial charge >= 0.3 is 17.9 Å². The average molecular weight is 629 g/mol. The van der Waals surface area contributed by atoms with E-state index in [0.717, 1.165) is 0 Å². The van der Waals surface area contributed by atoms with E-state index in [9.17, 15) is 58.5 Å². The quantitative estimate of drug-likeness (QED) is 0.0617. The van der Waals surface area contributed by atoms with Crippen molar-refractivity contribution in [2.24, 2.45) is 0 Å². The molecule has 2 atom stereocenters. The number of imide groups is 2. The zero-order chi connectivity index (χ0) is 32.8. The number of carbonyl (C=O) groups excluding carboxylic acids is 8. The molecule has 0 aliphatic carbocycles. The lowest BCUT2D eigenvalue weighted by Gasteiger charge is -2.20. The molecule has 2 fully saturated rings. The van der Waals surface area contributed by atoms with Crippen LogP contribution in [0.4, 0.5) is 0 Å². The highest BCUT2D eigenvalue weighted by Gasteiger charge is 2.34. The summed E-state index contributed by atoms with van der Waals surface area (Å²) < 4.78 is 0. The van der Waals surface area contributed by atoms with E-state index in [-0.39, 0.29) is 51.4 Å². The summed E-state index contributed by atoms with van der Waals surface area (Å²) in [6.45, 7) is 0. The Bertz CT molecular complexity index is 1110. The minimum Gasteiger partial charge on any atom is -0.480 e. The van der Waals surface area contributed by atoms with Crippen molar-refractivity contribution in [2.45, 2.75) is 108 Å². The second kappa shape index (κ2) is 17.6. The minimum absolute atomic E-state index is 0.00244. The van der Waals surface area contributed by atoms with Crippen molar-refractivity contribution in [2.75, 3.05) is 0 Å². The number of nitrogens with zero attached hydrogens (tertiary/aromatic N) is 2. The third kappa shape index (κ3) is 12.0. The topological polar surface area (TPSA) is 263 Å². The molecule has 0 radical (unpaired) electrons. The van der Waals surface area contributed by atoms with Crippen LogP contribution in [0.3, 0.4) is 0 Å². The summed E-state index contributed by atoms with van der Waals surface area (Å²) in [7, 11) is 0. The third-order valence-corrected chi connectivity index (χ3v) is 6.59. The molecule has 6 amide bonds. The van der Waals surface area contributed by atoms with Crippen molar-refractivity contribution in [3.05, 3.63) is 0 Å². The van der Waals surface area contributed by atoms with Crippen molar-refractivity contribution in [3.8, 4) is 0 Å². The number of hydroxylamine groups is 4. The Morgan fingerprint density at radius 1 is 0.636 bits per heavy atom. The number of unbranched alkanes of at least 4 members (excludes halogenated alkanes) is 3. The van der Waals surface area contributed by atoms with E-state index in [4.69, 9.17) is 4.84 Å². The fourth-order valence-corrected chi connectivity index (χ4v) is 4.17. The zero-order valence-corrected chi connectivity index (χ0v) is 23.9. The van der Waals surface area contributed by atoms with Gasteiger partial charge in [0.25, 0.3) is 23.6 Å². The van der Waals surface area contributed by atoms with E-state index in [2.05, 4.69) is 15.5 Å². The van der Waals surface area contributed by atoms with E-state index < -0.39 is 84.6 Å². The van der Waals surface area contributed by atoms with E-state index in [1.807, 2.05) is 0 Å². The van der Waals surface area contributed by atoms with Crippen LogP contribution in [-0.2, 0) is 52.8 Å². The first-order valence-electron chi connectivity index (χ1n) is 14.1. The molecule has 0 aromatic carbocycles. The maximum atomic E-state index is 12.2. The van der Waals surface area contributed by atoms with Gasteiger partial charge in [0.15, 0.2) is 6.29 Å². The number of nitrogens with one attached hydrogen (secondary N) is 2. The largest absolute Gasteiger partial charge is 0.480 e. The number of carboxylic acids is 1. The van der Waals surface area contributed by atoms with Gasteiger partial charge in [0.05, 0.1) is 18.9 Å². The van der Waals surface area contributed by atoms with Crippen molar-refractivity contribution >= 4 is 53.4 Å². The summed E-state index contributed by atoms with van der Waals surface area (Å²) in [4.78, 5) is 115. The molecule has 2 saturated heterocycles. The molecule has 2 aliphatic heterocycles. The molecule has 0 aromatic heterocycles. The summed E-state index contributed by atoms with van der Waals surface area (Å²) in [6, 6.07) is -2.61. The van der Waals surface area contributed by atoms with Crippen LogP contribution >= 0.6 is 0 Å². The summed E-state index contributed by atoms with van der Waals surface area (Å²) in [5.74, 6) is -7.10. The molecule has 2 heterocycles. The van der Waals surface area contributed by atoms with Crippen molar-refractivity contribution in [1.82, 2.24) is 20.8 Å². The van der Waals surface area contributed by atoms with Gasteiger partial charge in [-0.15, -0.1) is 10.1 Å². The molecule has 2 aliphatic rings. The Labute approximate surface area is 250 Å². The number of aliphatic hydroxyl groups excluding tert-OH is 1. The van der Waals surface area contributed by atoms with Crippen molar-refractivity contribution in [3.63, 3.8) is 0 Å². The van der Waals surface area contributed by atoms with Crippen LogP contribution in [-0.4, -0.2) is 97.2 Å². The highest BCUT2D eigenvalue weighted by Crippen LogP contribution is 2.15. The first kappa shape index (κ1) is 35.7. The molecule has 5 N–H and O–H groups in total. The Morgan fingerprint density at radius 3 is 1.45 bits per heavy atom. The highest BCUT2D eigenvalue weighted by molar-refractivity contribution is 6.02. The number of rotatable bonds is 19. The first-order chi connectivity index (χ1) is 20.8. The van der Waals surface area contributed by atoms with Crippen LogP contribution in [0.15, 0.2) is 0 Å². The van der Waals surface area contributed by atoms with Crippen LogP contribution in [0.1, 0.15) is 89.9 Å². The Kier molecular flexibility index (Phi) is 14.3. The molecule has 0 bridgehead atoms. The number of hydrogen-bond acceptors (Lipinski definition) is 13. The zero-order valence-electron chi connectivity index (χ0n) is 23.9. The number of aliphatic carboxylic acids is 1. The lowest BCUT2D eigenvalue weighted by Crippen LogP contribution is -2.43. The monoisotopic (exact) mass is 628 g/mol. The van der Waals surface area contributed by atoms with Gasteiger partial charge in [-0.05, 0) is 25.7 Å². The van der Waals surface area contributed by atoms with Gasteiger partial charge in [0.2, 0.25) is 11.8 Å². The van der Waals surface area contributed by atoms with Crippen LogP contribution in [0.25, 0.3) is 0 Å². The lowest BCUT2D eigenvalue weighted by molar-refractivity contribution is -0.197. The molecule has 0 spiro atoms. The third-order valence-electron chi connectivity index (χ3n) is 6.59. The minimum atomic E-state index is -1.99.